The van der Waals surface area contributed by atoms with Crippen LogP contribution in [0.25, 0.3) is 0 Å². The van der Waals surface area contributed by atoms with Crippen LogP contribution in [0.3, 0.4) is 0 Å². The molecule has 2 aliphatic rings. The van der Waals surface area contributed by atoms with E-state index >= 15 is 0 Å². The van der Waals surface area contributed by atoms with Crippen LogP contribution in [-0.2, 0) is 4.79 Å². The lowest BCUT2D eigenvalue weighted by Crippen LogP contribution is -2.45. The Kier molecular flexibility index (Phi) is 4.18. The van der Waals surface area contributed by atoms with Crippen molar-refractivity contribution in [3.63, 3.8) is 0 Å². The highest BCUT2D eigenvalue weighted by molar-refractivity contribution is 5.81. The van der Waals surface area contributed by atoms with Crippen molar-refractivity contribution in [3.05, 3.63) is 29.8 Å². The standard InChI is InChI=1S/C18H25NO2/c1-3-17(21-15-6-4-5-12(2)9-15)18(20)19-16-11-13-7-8-14(16)10-13/h4-6,9,13-14,16-17H,3,7-8,10-11H2,1-2H3,(H,19,20)/t13-,14-,16+,17+/m0/s1. The lowest BCUT2D eigenvalue weighted by atomic mass is 9.95. The number of carbonyl (C=O) groups excluding carboxylic acids is 1. The third-order valence-electron chi connectivity index (χ3n) is 5.00. The van der Waals surface area contributed by atoms with Crippen LogP contribution in [0.4, 0.5) is 0 Å². The average Bonchev–Trinajstić information content (AvgIpc) is 3.07. The number of carbonyl (C=O) groups is 1. The molecule has 0 aromatic heterocycles. The first-order valence-corrected chi connectivity index (χ1v) is 8.19. The molecule has 2 aliphatic carbocycles. The average molecular weight is 287 g/mol. The Bertz CT molecular complexity index is 514. The third kappa shape index (κ3) is 3.22. The molecule has 0 spiro atoms. The van der Waals surface area contributed by atoms with Gasteiger partial charge in [-0.1, -0.05) is 25.5 Å². The van der Waals surface area contributed by atoms with Crippen molar-refractivity contribution in [2.24, 2.45) is 11.8 Å². The van der Waals surface area contributed by atoms with E-state index in [-0.39, 0.29) is 12.0 Å². The Balaban J connectivity index is 1.59. The molecule has 1 aromatic rings. The van der Waals surface area contributed by atoms with Crippen molar-refractivity contribution in [2.75, 3.05) is 0 Å². The quantitative estimate of drug-likeness (QED) is 0.900. The van der Waals surface area contributed by atoms with Crippen LogP contribution in [0.5, 0.6) is 5.75 Å². The number of amides is 1. The van der Waals surface area contributed by atoms with Crippen molar-refractivity contribution >= 4 is 5.91 Å². The van der Waals surface area contributed by atoms with E-state index in [9.17, 15) is 4.79 Å². The number of hydrogen-bond donors (Lipinski definition) is 1. The zero-order valence-electron chi connectivity index (χ0n) is 13.0. The maximum Gasteiger partial charge on any atom is 0.261 e. The molecule has 2 saturated carbocycles. The molecule has 3 rings (SSSR count). The van der Waals surface area contributed by atoms with Crippen LogP contribution >= 0.6 is 0 Å². The summed E-state index contributed by atoms with van der Waals surface area (Å²) in [6, 6.07) is 8.27. The fraction of sp³-hybridized carbons (Fsp3) is 0.611. The predicted molar refractivity (Wildman–Crippen MR) is 83.3 cm³/mol. The van der Waals surface area contributed by atoms with E-state index in [1.165, 1.54) is 19.3 Å². The molecule has 4 atom stereocenters. The van der Waals surface area contributed by atoms with Gasteiger partial charge in [0.25, 0.3) is 5.91 Å². The van der Waals surface area contributed by atoms with Gasteiger partial charge in [-0.05, 0) is 62.1 Å². The molecule has 1 aromatic carbocycles. The van der Waals surface area contributed by atoms with Crippen molar-refractivity contribution < 1.29 is 9.53 Å². The highest BCUT2D eigenvalue weighted by Crippen LogP contribution is 2.44. The van der Waals surface area contributed by atoms with Gasteiger partial charge in [0.15, 0.2) is 6.10 Å². The Labute approximate surface area is 127 Å². The molecule has 2 fully saturated rings. The van der Waals surface area contributed by atoms with Gasteiger partial charge in [0.2, 0.25) is 0 Å². The molecular formula is C18H25NO2. The van der Waals surface area contributed by atoms with Crippen molar-refractivity contribution in [3.8, 4) is 5.75 Å². The van der Waals surface area contributed by atoms with Gasteiger partial charge in [-0.3, -0.25) is 4.79 Å². The maximum atomic E-state index is 12.5. The van der Waals surface area contributed by atoms with Crippen LogP contribution in [0.2, 0.25) is 0 Å². The summed E-state index contributed by atoms with van der Waals surface area (Å²) in [4.78, 5) is 12.5. The third-order valence-corrected chi connectivity index (χ3v) is 5.00. The first kappa shape index (κ1) is 14.4. The van der Waals surface area contributed by atoms with E-state index in [2.05, 4.69) is 5.32 Å². The van der Waals surface area contributed by atoms with Crippen molar-refractivity contribution in [2.45, 2.75) is 58.1 Å². The van der Waals surface area contributed by atoms with Crippen LogP contribution in [0.1, 0.15) is 44.6 Å². The topological polar surface area (TPSA) is 38.3 Å². The van der Waals surface area contributed by atoms with Crippen molar-refractivity contribution in [1.29, 1.82) is 0 Å². The van der Waals surface area contributed by atoms with Crippen LogP contribution in [0, 0.1) is 18.8 Å². The summed E-state index contributed by atoms with van der Waals surface area (Å²) in [6.07, 6.45) is 5.42. The van der Waals surface area contributed by atoms with Gasteiger partial charge in [0, 0.05) is 6.04 Å². The summed E-state index contributed by atoms with van der Waals surface area (Å²) in [7, 11) is 0. The maximum absolute atomic E-state index is 12.5. The van der Waals surface area contributed by atoms with Gasteiger partial charge in [-0.15, -0.1) is 0 Å². The molecular weight excluding hydrogens is 262 g/mol. The van der Waals surface area contributed by atoms with E-state index in [1.807, 2.05) is 38.1 Å². The van der Waals surface area contributed by atoms with Crippen LogP contribution < -0.4 is 10.1 Å². The predicted octanol–water partition coefficient (Wildman–Crippen LogP) is 3.46. The Morgan fingerprint density at radius 1 is 1.38 bits per heavy atom. The van der Waals surface area contributed by atoms with Crippen molar-refractivity contribution in [1.82, 2.24) is 5.32 Å². The SMILES string of the molecule is CC[C@@H](Oc1cccc(C)c1)C(=O)N[C@@H]1C[C@H]2CC[C@H]1C2. The lowest BCUT2D eigenvalue weighted by molar-refractivity contribution is -0.129. The molecule has 3 nitrogen and oxygen atoms in total. The number of hydrogen-bond acceptors (Lipinski definition) is 2. The van der Waals surface area contributed by atoms with E-state index in [4.69, 9.17) is 4.74 Å². The summed E-state index contributed by atoms with van der Waals surface area (Å²) in [5, 5.41) is 3.23. The normalized spacial score (nSPS) is 28.4. The second-order valence-corrected chi connectivity index (χ2v) is 6.62. The molecule has 0 radical (unpaired) electrons. The Morgan fingerprint density at radius 3 is 2.86 bits per heavy atom. The summed E-state index contributed by atoms with van der Waals surface area (Å²) >= 11 is 0. The molecule has 0 aliphatic heterocycles. The minimum Gasteiger partial charge on any atom is -0.481 e. The number of fused-ring (bicyclic) bond motifs is 2. The molecule has 1 amide bonds. The minimum atomic E-state index is -0.383. The van der Waals surface area contributed by atoms with Gasteiger partial charge >= 0.3 is 0 Å². The number of rotatable bonds is 5. The summed E-state index contributed by atoms with van der Waals surface area (Å²) in [5.74, 6) is 2.38. The minimum absolute atomic E-state index is 0.0524. The number of aryl methyl sites for hydroxylation is 1. The molecule has 1 N–H and O–H groups in total. The Morgan fingerprint density at radius 2 is 2.24 bits per heavy atom. The van der Waals surface area contributed by atoms with E-state index in [0.29, 0.717) is 18.4 Å². The smallest absolute Gasteiger partial charge is 0.261 e. The molecule has 2 bridgehead atoms. The summed E-state index contributed by atoms with van der Waals surface area (Å²) in [6.45, 7) is 4.03. The Hall–Kier alpha value is -1.51. The van der Waals surface area contributed by atoms with Gasteiger partial charge < -0.3 is 10.1 Å². The molecule has 0 unspecified atom stereocenters. The van der Waals surface area contributed by atoms with E-state index in [1.54, 1.807) is 0 Å². The summed E-state index contributed by atoms with van der Waals surface area (Å²) in [5.41, 5.74) is 1.15. The monoisotopic (exact) mass is 287 g/mol. The van der Waals surface area contributed by atoms with Gasteiger partial charge in [0.05, 0.1) is 0 Å². The van der Waals surface area contributed by atoms with Gasteiger partial charge in [-0.2, -0.15) is 0 Å². The van der Waals surface area contributed by atoms with Gasteiger partial charge in [0.1, 0.15) is 5.75 Å². The first-order valence-electron chi connectivity index (χ1n) is 8.19. The lowest BCUT2D eigenvalue weighted by Gasteiger charge is -2.25. The highest BCUT2D eigenvalue weighted by atomic mass is 16.5. The molecule has 0 saturated heterocycles. The molecule has 114 valence electrons. The van der Waals surface area contributed by atoms with E-state index in [0.717, 1.165) is 23.7 Å². The second-order valence-electron chi connectivity index (χ2n) is 6.62. The molecule has 0 heterocycles. The first-order chi connectivity index (χ1) is 10.2. The number of ether oxygens (including phenoxy) is 1. The largest absolute Gasteiger partial charge is 0.481 e. The summed E-state index contributed by atoms with van der Waals surface area (Å²) < 4.78 is 5.88. The number of nitrogens with one attached hydrogen (secondary N) is 1. The molecule has 21 heavy (non-hydrogen) atoms. The highest BCUT2D eigenvalue weighted by Gasteiger charge is 2.40. The van der Waals surface area contributed by atoms with Gasteiger partial charge in [-0.25, -0.2) is 0 Å². The fourth-order valence-corrected chi connectivity index (χ4v) is 3.87. The van der Waals surface area contributed by atoms with Crippen LogP contribution in [-0.4, -0.2) is 18.1 Å². The second kappa shape index (κ2) is 6.08. The molecule has 3 heteroatoms. The zero-order valence-corrected chi connectivity index (χ0v) is 13.0. The number of benzene rings is 1. The fourth-order valence-electron chi connectivity index (χ4n) is 3.87. The van der Waals surface area contributed by atoms with Crippen LogP contribution in [0.15, 0.2) is 24.3 Å². The van der Waals surface area contributed by atoms with E-state index < -0.39 is 0 Å². The zero-order chi connectivity index (χ0) is 14.8.